The van der Waals surface area contributed by atoms with E-state index in [-0.39, 0.29) is 0 Å². The smallest absolute Gasteiger partial charge is 0.00684 e. The van der Waals surface area contributed by atoms with Gasteiger partial charge < -0.3 is 5.32 Å². The summed E-state index contributed by atoms with van der Waals surface area (Å²) in [6, 6.07) is 0.899. The van der Waals surface area contributed by atoms with E-state index in [2.05, 4.69) is 24.0 Å². The van der Waals surface area contributed by atoms with Crippen LogP contribution in [0.5, 0.6) is 0 Å². The molecule has 0 spiro atoms. The normalized spacial score (nSPS) is 24.7. The number of hydrogen-bond donors (Lipinski definition) is 1. The molecule has 0 aliphatic heterocycles. The Morgan fingerprint density at radius 2 is 2.15 bits per heavy atom. The fourth-order valence-corrected chi connectivity index (χ4v) is 2.64. The molecule has 0 bridgehead atoms. The Morgan fingerprint density at radius 3 is 2.69 bits per heavy atom. The van der Waals surface area contributed by atoms with Crippen molar-refractivity contribution in [1.82, 2.24) is 5.32 Å². The number of thioether (sulfide) groups is 1. The largest absolute Gasteiger partial charge is 0.313 e. The highest BCUT2D eigenvalue weighted by Gasteiger charge is 2.42. The maximum atomic E-state index is 3.68. The van der Waals surface area contributed by atoms with Crippen LogP contribution < -0.4 is 5.32 Å². The molecule has 0 saturated heterocycles. The molecular formula is C11H21NS. The average Bonchev–Trinajstić information content (AvgIpc) is 3.00. The van der Waals surface area contributed by atoms with Crippen molar-refractivity contribution in [1.29, 1.82) is 0 Å². The van der Waals surface area contributed by atoms with Gasteiger partial charge in [-0.1, -0.05) is 6.92 Å². The van der Waals surface area contributed by atoms with Crippen LogP contribution in [-0.2, 0) is 0 Å². The summed E-state index contributed by atoms with van der Waals surface area (Å²) in [5.41, 5.74) is 0.741. The minimum Gasteiger partial charge on any atom is -0.313 e. The van der Waals surface area contributed by atoms with E-state index >= 15 is 0 Å². The van der Waals surface area contributed by atoms with Gasteiger partial charge in [0.1, 0.15) is 0 Å². The van der Waals surface area contributed by atoms with E-state index in [1.807, 2.05) is 0 Å². The second-order valence-electron chi connectivity index (χ2n) is 4.60. The Kier molecular flexibility index (Phi) is 3.20. The van der Waals surface area contributed by atoms with E-state index in [0.717, 1.165) is 11.5 Å². The van der Waals surface area contributed by atoms with Crippen LogP contribution in [0.15, 0.2) is 0 Å². The lowest BCUT2D eigenvalue weighted by Gasteiger charge is -2.15. The number of rotatable bonds is 7. The van der Waals surface area contributed by atoms with Crippen LogP contribution in [0.3, 0.4) is 0 Å². The summed E-state index contributed by atoms with van der Waals surface area (Å²) < 4.78 is 0. The molecule has 0 aromatic heterocycles. The van der Waals surface area contributed by atoms with E-state index in [4.69, 9.17) is 0 Å². The van der Waals surface area contributed by atoms with Gasteiger partial charge in [-0.05, 0) is 49.0 Å². The van der Waals surface area contributed by atoms with Gasteiger partial charge in [0, 0.05) is 12.6 Å². The molecule has 0 heterocycles. The summed E-state index contributed by atoms with van der Waals surface area (Å²) in [6.07, 6.45) is 7.28. The van der Waals surface area contributed by atoms with E-state index in [9.17, 15) is 0 Å². The van der Waals surface area contributed by atoms with Crippen LogP contribution in [0, 0.1) is 5.41 Å². The molecule has 0 radical (unpaired) electrons. The van der Waals surface area contributed by atoms with Crippen molar-refractivity contribution in [2.45, 2.75) is 45.1 Å². The zero-order valence-corrected chi connectivity index (χ0v) is 9.46. The molecule has 2 heteroatoms. The highest BCUT2D eigenvalue weighted by atomic mass is 32.2. The lowest BCUT2D eigenvalue weighted by Crippen LogP contribution is -2.26. The first kappa shape index (κ1) is 9.85. The Bertz CT molecular complexity index is 161. The average molecular weight is 199 g/mol. The van der Waals surface area contributed by atoms with Gasteiger partial charge in [-0.15, -0.1) is 0 Å². The Hall–Kier alpha value is 0.310. The molecule has 1 nitrogen and oxygen atoms in total. The second kappa shape index (κ2) is 4.22. The van der Waals surface area contributed by atoms with Crippen LogP contribution in [0.4, 0.5) is 0 Å². The summed E-state index contributed by atoms with van der Waals surface area (Å²) in [6.45, 7) is 3.56. The Morgan fingerprint density at radius 1 is 1.38 bits per heavy atom. The molecule has 76 valence electrons. The topological polar surface area (TPSA) is 12.0 Å². The third-order valence-electron chi connectivity index (χ3n) is 3.28. The van der Waals surface area contributed by atoms with Gasteiger partial charge >= 0.3 is 0 Å². The number of nitrogens with one attached hydrogen (secondary N) is 1. The molecular weight excluding hydrogens is 178 g/mol. The highest BCUT2D eigenvalue weighted by Crippen LogP contribution is 2.49. The van der Waals surface area contributed by atoms with Gasteiger partial charge in [0.05, 0.1) is 0 Å². The zero-order chi connectivity index (χ0) is 9.15. The molecule has 0 unspecified atom stereocenters. The molecule has 2 saturated carbocycles. The molecule has 2 fully saturated rings. The summed E-state index contributed by atoms with van der Waals surface area (Å²) >= 11 is 2.10. The Labute approximate surface area is 86.0 Å². The summed E-state index contributed by atoms with van der Waals surface area (Å²) in [5, 5.41) is 3.68. The van der Waals surface area contributed by atoms with E-state index < -0.39 is 0 Å². The van der Waals surface area contributed by atoms with Crippen LogP contribution in [0.1, 0.15) is 39.0 Å². The molecule has 1 N–H and O–H groups in total. The predicted molar refractivity (Wildman–Crippen MR) is 60.3 cm³/mol. The SMILES string of the molecule is CCSCCC1(CNC2CC2)CC1. The summed E-state index contributed by atoms with van der Waals surface area (Å²) in [5.74, 6) is 2.66. The minimum absolute atomic E-state index is 0.741. The maximum Gasteiger partial charge on any atom is 0.00684 e. The maximum absolute atomic E-state index is 3.68. The second-order valence-corrected chi connectivity index (χ2v) is 6.00. The first-order valence-electron chi connectivity index (χ1n) is 5.66. The summed E-state index contributed by atoms with van der Waals surface area (Å²) in [7, 11) is 0. The zero-order valence-electron chi connectivity index (χ0n) is 8.64. The first-order valence-corrected chi connectivity index (χ1v) is 6.81. The van der Waals surface area contributed by atoms with E-state index in [0.29, 0.717) is 0 Å². The first-order chi connectivity index (χ1) is 6.35. The van der Waals surface area contributed by atoms with Crippen molar-refractivity contribution in [3.8, 4) is 0 Å². The van der Waals surface area contributed by atoms with Gasteiger partial charge in [-0.25, -0.2) is 0 Å². The van der Waals surface area contributed by atoms with Crippen LogP contribution in [-0.4, -0.2) is 24.1 Å². The predicted octanol–water partition coefficient (Wildman–Crippen LogP) is 2.66. The third kappa shape index (κ3) is 3.17. The quantitative estimate of drug-likeness (QED) is 0.633. The van der Waals surface area contributed by atoms with Crippen molar-refractivity contribution in [3.05, 3.63) is 0 Å². The molecule has 13 heavy (non-hydrogen) atoms. The number of hydrogen-bond acceptors (Lipinski definition) is 2. The van der Waals surface area contributed by atoms with E-state index in [1.54, 1.807) is 0 Å². The molecule has 0 atom stereocenters. The van der Waals surface area contributed by atoms with Crippen LogP contribution >= 0.6 is 11.8 Å². The summed E-state index contributed by atoms with van der Waals surface area (Å²) in [4.78, 5) is 0. The van der Waals surface area contributed by atoms with Gasteiger partial charge in [-0.2, -0.15) is 11.8 Å². The fourth-order valence-electron chi connectivity index (χ4n) is 1.77. The van der Waals surface area contributed by atoms with Crippen molar-refractivity contribution in [2.75, 3.05) is 18.1 Å². The minimum atomic E-state index is 0.741. The van der Waals surface area contributed by atoms with Gasteiger partial charge in [0.15, 0.2) is 0 Å². The molecule has 2 aliphatic carbocycles. The molecule has 2 aliphatic rings. The van der Waals surface area contributed by atoms with Gasteiger partial charge in [0.2, 0.25) is 0 Å². The highest BCUT2D eigenvalue weighted by molar-refractivity contribution is 7.99. The van der Waals surface area contributed by atoms with Crippen molar-refractivity contribution < 1.29 is 0 Å². The van der Waals surface area contributed by atoms with E-state index in [1.165, 1.54) is 50.2 Å². The third-order valence-corrected chi connectivity index (χ3v) is 4.18. The lowest BCUT2D eigenvalue weighted by atomic mass is 10.0. The van der Waals surface area contributed by atoms with Crippen molar-refractivity contribution in [3.63, 3.8) is 0 Å². The fraction of sp³-hybridized carbons (Fsp3) is 1.00. The molecule has 2 rings (SSSR count). The molecule has 0 aromatic rings. The van der Waals surface area contributed by atoms with Crippen LogP contribution in [0.25, 0.3) is 0 Å². The van der Waals surface area contributed by atoms with Crippen LogP contribution in [0.2, 0.25) is 0 Å². The standard InChI is InChI=1S/C11H21NS/c1-2-13-8-7-11(5-6-11)9-12-10-3-4-10/h10,12H,2-9H2,1H3. The lowest BCUT2D eigenvalue weighted by molar-refractivity contribution is 0.445. The van der Waals surface area contributed by atoms with Gasteiger partial charge in [-0.3, -0.25) is 0 Å². The Balaban J connectivity index is 1.58. The van der Waals surface area contributed by atoms with Crippen molar-refractivity contribution in [2.24, 2.45) is 5.41 Å². The van der Waals surface area contributed by atoms with Crippen molar-refractivity contribution >= 4 is 11.8 Å². The monoisotopic (exact) mass is 199 g/mol. The molecule has 0 amide bonds. The molecule has 0 aromatic carbocycles. The van der Waals surface area contributed by atoms with Gasteiger partial charge in [0.25, 0.3) is 0 Å².